The average Bonchev–Trinajstić information content (AvgIpc) is 2.49. The van der Waals surface area contributed by atoms with Crippen molar-refractivity contribution in [2.75, 3.05) is 26.2 Å². The van der Waals surface area contributed by atoms with Gasteiger partial charge in [0.25, 0.3) is 0 Å². The molecule has 112 valence electrons. The van der Waals surface area contributed by atoms with E-state index in [-0.39, 0.29) is 5.41 Å². The van der Waals surface area contributed by atoms with Gasteiger partial charge in [-0.2, -0.15) is 0 Å². The van der Waals surface area contributed by atoms with E-state index in [1.54, 1.807) is 0 Å². The van der Waals surface area contributed by atoms with E-state index in [2.05, 4.69) is 43.0 Å². The van der Waals surface area contributed by atoms with Crippen LogP contribution in [0.4, 0.5) is 0 Å². The summed E-state index contributed by atoms with van der Waals surface area (Å²) in [5.41, 5.74) is 9.14. The molecule has 1 heterocycles. The number of nitrogens with zero attached hydrogens (tertiary/aromatic N) is 1. The lowest BCUT2D eigenvalue weighted by Gasteiger charge is -2.36. The van der Waals surface area contributed by atoms with E-state index >= 15 is 0 Å². The van der Waals surface area contributed by atoms with E-state index < -0.39 is 0 Å². The van der Waals surface area contributed by atoms with Gasteiger partial charge in [0.1, 0.15) is 0 Å². The van der Waals surface area contributed by atoms with Crippen molar-refractivity contribution >= 4 is 0 Å². The van der Waals surface area contributed by atoms with Gasteiger partial charge >= 0.3 is 0 Å². The molecule has 1 fully saturated rings. The van der Waals surface area contributed by atoms with E-state index in [9.17, 15) is 0 Å². The molecule has 2 nitrogen and oxygen atoms in total. The standard InChI is InChI=1S/C18H30N2/c1-3-16-7-9-17(10-8-16)13-18(2,14-19)15-20-11-5-4-6-12-20/h7-10H,3-6,11-15,19H2,1-2H3. The highest BCUT2D eigenvalue weighted by Gasteiger charge is 2.26. The maximum atomic E-state index is 6.10. The molecule has 1 saturated heterocycles. The molecule has 0 amide bonds. The summed E-state index contributed by atoms with van der Waals surface area (Å²) in [5, 5.41) is 0. The van der Waals surface area contributed by atoms with Crippen molar-refractivity contribution in [2.45, 2.75) is 46.0 Å². The van der Waals surface area contributed by atoms with Crippen molar-refractivity contribution in [1.82, 2.24) is 4.90 Å². The first kappa shape index (κ1) is 15.5. The van der Waals surface area contributed by atoms with Gasteiger partial charge in [0, 0.05) is 6.54 Å². The summed E-state index contributed by atoms with van der Waals surface area (Å²) in [4.78, 5) is 2.61. The van der Waals surface area contributed by atoms with Gasteiger partial charge in [-0.1, -0.05) is 44.5 Å². The molecule has 0 saturated carbocycles. The topological polar surface area (TPSA) is 29.3 Å². The van der Waals surface area contributed by atoms with Crippen molar-refractivity contribution in [3.05, 3.63) is 35.4 Å². The molecule has 0 aromatic heterocycles. The Hall–Kier alpha value is -0.860. The molecule has 1 unspecified atom stereocenters. The first-order valence-electron chi connectivity index (χ1n) is 8.15. The Bertz CT molecular complexity index is 392. The lowest BCUT2D eigenvalue weighted by Crippen LogP contribution is -2.44. The van der Waals surface area contributed by atoms with Crippen LogP contribution in [0, 0.1) is 5.41 Å². The molecular weight excluding hydrogens is 244 g/mol. The van der Waals surface area contributed by atoms with Gasteiger partial charge in [-0.25, -0.2) is 0 Å². The maximum absolute atomic E-state index is 6.10. The highest BCUT2D eigenvalue weighted by molar-refractivity contribution is 5.23. The van der Waals surface area contributed by atoms with Crippen LogP contribution in [0.1, 0.15) is 44.2 Å². The first-order chi connectivity index (χ1) is 9.65. The van der Waals surface area contributed by atoms with Crippen LogP contribution >= 0.6 is 0 Å². The summed E-state index contributed by atoms with van der Waals surface area (Å²) in [7, 11) is 0. The van der Waals surface area contributed by atoms with Crippen molar-refractivity contribution < 1.29 is 0 Å². The van der Waals surface area contributed by atoms with Gasteiger partial charge in [0.2, 0.25) is 0 Å². The van der Waals surface area contributed by atoms with Gasteiger partial charge in [-0.05, 0) is 61.9 Å². The van der Waals surface area contributed by atoms with E-state index in [1.165, 1.54) is 43.5 Å². The first-order valence-corrected chi connectivity index (χ1v) is 8.15. The minimum atomic E-state index is 0.199. The SMILES string of the molecule is CCc1ccc(CC(C)(CN)CN2CCCCC2)cc1. The molecule has 0 radical (unpaired) electrons. The quantitative estimate of drug-likeness (QED) is 0.863. The van der Waals surface area contributed by atoms with Crippen LogP contribution in [0.2, 0.25) is 0 Å². The fourth-order valence-electron chi connectivity index (χ4n) is 3.24. The minimum Gasteiger partial charge on any atom is -0.330 e. The third-order valence-electron chi connectivity index (χ3n) is 4.61. The lowest BCUT2D eigenvalue weighted by atomic mass is 9.82. The molecule has 2 N–H and O–H groups in total. The highest BCUT2D eigenvalue weighted by Crippen LogP contribution is 2.25. The van der Waals surface area contributed by atoms with Crippen LogP contribution in [0.25, 0.3) is 0 Å². The predicted octanol–water partition coefficient (Wildman–Crippen LogP) is 3.24. The fourth-order valence-corrected chi connectivity index (χ4v) is 3.24. The predicted molar refractivity (Wildman–Crippen MR) is 87.0 cm³/mol. The van der Waals surface area contributed by atoms with Crippen LogP contribution in [-0.2, 0) is 12.8 Å². The summed E-state index contributed by atoms with van der Waals surface area (Å²) in [6.07, 6.45) is 6.30. The van der Waals surface area contributed by atoms with Gasteiger partial charge in [-0.3, -0.25) is 0 Å². The highest BCUT2D eigenvalue weighted by atomic mass is 15.1. The van der Waals surface area contributed by atoms with Crippen molar-refractivity contribution in [3.63, 3.8) is 0 Å². The number of benzene rings is 1. The van der Waals surface area contributed by atoms with E-state index in [1.807, 2.05) is 0 Å². The second-order valence-corrected chi connectivity index (χ2v) is 6.70. The summed E-state index contributed by atoms with van der Waals surface area (Å²) in [5.74, 6) is 0. The molecule has 0 aliphatic carbocycles. The Morgan fingerprint density at radius 1 is 1.05 bits per heavy atom. The number of hydrogen-bond donors (Lipinski definition) is 1. The van der Waals surface area contributed by atoms with Crippen LogP contribution in [0.15, 0.2) is 24.3 Å². The lowest BCUT2D eigenvalue weighted by molar-refractivity contribution is 0.145. The molecule has 1 atom stereocenters. The summed E-state index contributed by atoms with van der Waals surface area (Å²) in [6.45, 7) is 8.96. The number of aryl methyl sites for hydroxylation is 1. The largest absolute Gasteiger partial charge is 0.330 e. The van der Waals surface area contributed by atoms with E-state index in [0.29, 0.717) is 0 Å². The van der Waals surface area contributed by atoms with Gasteiger partial charge in [0.15, 0.2) is 0 Å². The van der Waals surface area contributed by atoms with Crippen LogP contribution < -0.4 is 5.73 Å². The number of rotatable bonds is 6. The number of hydrogen-bond acceptors (Lipinski definition) is 2. The molecule has 0 spiro atoms. The van der Waals surface area contributed by atoms with Crippen LogP contribution in [-0.4, -0.2) is 31.1 Å². The Morgan fingerprint density at radius 3 is 2.20 bits per heavy atom. The Labute approximate surface area is 124 Å². The van der Waals surface area contributed by atoms with Gasteiger partial charge < -0.3 is 10.6 Å². The van der Waals surface area contributed by atoms with Crippen LogP contribution in [0.3, 0.4) is 0 Å². The molecule has 0 bridgehead atoms. The second kappa shape index (κ2) is 7.24. The van der Waals surface area contributed by atoms with Crippen LogP contribution in [0.5, 0.6) is 0 Å². The van der Waals surface area contributed by atoms with E-state index in [0.717, 1.165) is 25.9 Å². The zero-order valence-corrected chi connectivity index (χ0v) is 13.2. The molecule has 20 heavy (non-hydrogen) atoms. The molecule has 1 aromatic rings. The average molecular weight is 274 g/mol. The van der Waals surface area contributed by atoms with Gasteiger partial charge in [0.05, 0.1) is 0 Å². The number of likely N-dealkylation sites (tertiary alicyclic amines) is 1. The molecular formula is C18H30N2. The molecule has 2 rings (SSSR count). The third-order valence-corrected chi connectivity index (χ3v) is 4.61. The fraction of sp³-hybridized carbons (Fsp3) is 0.667. The summed E-state index contributed by atoms with van der Waals surface area (Å²) < 4.78 is 0. The third kappa shape index (κ3) is 4.32. The molecule has 1 aliphatic rings. The molecule has 1 aromatic carbocycles. The smallest absolute Gasteiger partial charge is 0.00506 e. The van der Waals surface area contributed by atoms with Crippen molar-refractivity contribution in [1.29, 1.82) is 0 Å². The maximum Gasteiger partial charge on any atom is 0.00506 e. The zero-order chi connectivity index (χ0) is 14.4. The number of piperidine rings is 1. The summed E-state index contributed by atoms with van der Waals surface area (Å²) in [6, 6.07) is 9.08. The number of nitrogens with two attached hydrogens (primary N) is 1. The second-order valence-electron chi connectivity index (χ2n) is 6.70. The van der Waals surface area contributed by atoms with Gasteiger partial charge in [-0.15, -0.1) is 0 Å². The molecule has 1 aliphatic heterocycles. The minimum absolute atomic E-state index is 0.199. The monoisotopic (exact) mass is 274 g/mol. The Kier molecular flexibility index (Phi) is 5.62. The van der Waals surface area contributed by atoms with Crippen molar-refractivity contribution in [3.8, 4) is 0 Å². The van der Waals surface area contributed by atoms with Crippen molar-refractivity contribution in [2.24, 2.45) is 11.1 Å². The Balaban J connectivity index is 1.97. The zero-order valence-electron chi connectivity index (χ0n) is 13.2. The normalized spacial score (nSPS) is 19.8. The van der Waals surface area contributed by atoms with E-state index in [4.69, 9.17) is 5.73 Å². The molecule has 2 heteroatoms. The Morgan fingerprint density at radius 2 is 1.65 bits per heavy atom. The summed E-state index contributed by atoms with van der Waals surface area (Å²) >= 11 is 0.